The van der Waals surface area contributed by atoms with Gasteiger partial charge in [0.1, 0.15) is 5.60 Å². The number of hydrogen-bond acceptors (Lipinski definition) is 3. The first-order valence-electron chi connectivity index (χ1n) is 5.16. The van der Waals surface area contributed by atoms with Crippen LogP contribution in [-0.4, -0.2) is 24.2 Å². The first kappa shape index (κ1) is 11.5. The van der Waals surface area contributed by atoms with Crippen LogP contribution in [0.15, 0.2) is 0 Å². The molecular weight excluding hydrogens is 178 g/mol. The van der Waals surface area contributed by atoms with Crippen LogP contribution in [0.3, 0.4) is 0 Å². The Balaban J connectivity index is 2.17. The van der Waals surface area contributed by atoms with E-state index in [1.807, 2.05) is 20.8 Å². The van der Waals surface area contributed by atoms with E-state index >= 15 is 0 Å². The van der Waals surface area contributed by atoms with Gasteiger partial charge in [0, 0.05) is 6.04 Å². The van der Waals surface area contributed by atoms with Gasteiger partial charge in [0.05, 0.1) is 6.54 Å². The summed E-state index contributed by atoms with van der Waals surface area (Å²) in [7, 11) is 0. The van der Waals surface area contributed by atoms with E-state index < -0.39 is 0 Å². The third kappa shape index (κ3) is 3.66. The second-order valence-corrected chi connectivity index (χ2v) is 5.71. The van der Waals surface area contributed by atoms with Crippen LogP contribution in [0.4, 0.5) is 0 Å². The first-order chi connectivity index (χ1) is 6.21. The summed E-state index contributed by atoms with van der Waals surface area (Å²) in [5.41, 5.74) is -0.0140. The first-order valence-corrected chi connectivity index (χ1v) is 5.16. The highest BCUT2D eigenvalue weighted by molar-refractivity contribution is 5.72. The van der Waals surface area contributed by atoms with Crippen LogP contribution < -0.4 is 5.32 Å². The average Bonchev–Trinajstić information content (AvgIpc) is 2.51. The molecular formula is C11H21NO2. The highest BCUT2D eigenvalue weighted by atomic mass is 16.6. The lowest BCUT2D eigenvalue weighted by Crippen LogP contribution is -2.33. The molecule has 1 aliphatic rings. The molecule has 1 saturated carbocycles. The quantitative estimate of drug-likeness (QED) is 0.703. The van der Waals surface area contributed by atoms with Crippen LogP contribution in [0.1, 0.15) is 41.0 Å². The minimum atomic E-state index is -0.377. The van der Waals surface area contributed by atoms with Crippen molar-refractivity contribution >= 4 is 5.97 Å². The smallest absolute Gasteiger partial charge is 0.320 e. The summed E-state index contributed by atoms with van der Waals surface area (Å²) in [5, 5.41) is 3.19. The summed E-state index contributed by atoms with van der Waals surface area (Å²) >= 11 is 0. The predicted octanol–water partition coefficient (Wildman–Crippen LogP) is 1.72. The summed E-state index contributed by atoms with van der Waals surface area (Å²) in [4.78, 5) is 11.3. The normalized spacial score (nSPS) is 24.5. The molecule has 14 heavy (non-hydrogen) atoms. The molecule has 0 saturated heterocycles. The molecule has 0 aromatic heterocycles. The molecule has 0 amide bonds. The molecule has 0 aromatic carbocycles. The van der Waals surface area contributed by atoms with Crippen LogP contribution >= 0.6 is 0 Å². The zero-order valence-corrected chi connectivity index (χ0v) is 9.81. The largest absolute Gasteiger partial charge is 0.459 e. The van der Waals surface area contributed by atoms with Gasteiger partial charge in [0.25, 0.3) is 0 Å². The average molecular weight is 199 g/mol. The van der Waals surface area contributed by atoms with Crippen molar-refractivity contribution < 1.29 is 9.53 Å². The SMILES string of the molecule is CC(C)(C)OC(=O)CNC1CC1(C)C. The maximum Gasteiger partial charge on any atom is 0.320 e. The number of carbonyl (C=O) groups is 1. The Morgan fingerprint density at radius 2 is 2.00 bits per heavy atom. The Bertz CT molecular complexity index is 228. The molecule has 1 rings (SSSR count). The van der Waals surface area contributed by atoms with E-state index in [-0.39, 0.29) is 11.6 Å². The molecule has 3 nitrogen and oxygen atoms in total. The topological polar surface area (TPSA) is 38.3 Å². The Morgan fingerprint density at radius 1 is 1.50 bits per heavy atom. The molecule has 3 heteroatoms. The fourth-order valence-electron chi connectivity index (χ4n) is 1.40. The fraction of sp³-hybridized carbons (Fsp3) is 0.909. The Kier molecular flexibility index (Phi) is 2.91. The zero-order valence-electron chi connectivity index (χ0n) is 9.81. The molecule has 1 fully saturated rings. The summed E-state index contributed by atoms with van der Waals surface area (Å²) < 4.78 is 5.18. The van der Waals surface area contributed by atoms with Crippen molar-refractivity contribution in [3.8, 4) is 0 Å². The zero-order chi connectivity index (χ0) is 11.0. The van der Waals surface area contributed by atoms with E-state index in [0.29, 0.717) is 18.0 Å². The number of rotatable bonds is 3. The van der Waals surface area contributed by atoms with Gasteiger partial charge in [-0.1, -0.05) is 13.8 Å². The van der Waals surface area contributed by atoms with Gasteiger partial charge in [0.2, 0.25) is 0 Å². The van der Waals surface area contributed by atoms with E-state index in [1.54, 1.807) is 0 Å². The van der Waals surface area contributed by atoms with Gasteiger partial charge in [-0.2, -0.15) is 0 Å². The highest BCUT2D eigenvalue weighted by Gasteiger charge is 2.45. The van der Waals surface area contributed by atoms with Gasteiger partial charge >= 0.3 is 5.97 Å². The van der Waals surface area contributed by atoms with Gasteiger partial charge in [-0.15, -0.1) is 0 Å². The molecule has 1 unspecified atom stereocenters. The van der Waals surface area contributed by atoms with Crippen molar-refractivity contribution in [1.82, 2.24) is 5.32 Å². The van der Waals surface area contributed by atoms with Crippen LogP contribution in [0.5, 0.6) is 0 Å². The van der Waals surface area contributed by atoms with E-state index in [2.05, 4.69) is 19.2 Å². The molecule has 0 aliphatic heterocycles. The van der Waals surface area contributed by atoms with Gasteiger partial charge in [-0.05, 0) is 32.6 Å². The van der Waals surface area contributed by atoms with Crippen molar-refractivity contribution in [2.24, 2.45) is 5.41 Å². The Morgan fingerprint density at radius 3 is 2.36 bits per heavy atom. The summed E-state index contributed by atoms with van der Waals surface area (Å²) in [5.74, 6) is -0.166. The van der Waals surface area contributed by atoms with E-state index in [4.69, 9.17) is 4.74 Å². The van der Waals surface area contributed by atoms with Gasteiger partial charge < -0.3 is 10.1 Å². The van der Waals surface area contributed by atoms with Crippen molar-refractivity contribution in [3.63, 3.8) is 0 Å². The van der Waals surface area contributed by atoms with Crippen molar-refractivity contribution in [3.05, 3.63) is 0 Å². The fourth-order valence-corrected chi connectivity index (χ4v) is 1.40. The number of ether oxygens (including phenoxy) is 1. The third-order valence-electron chi connectivity index (χ3n) is 2.43. The summed E-state index contributed by atoms with van der Waals surface area (Å²) in [6, 6.07) is 0.481. The van der Waals surface area contributed by atoms with Crippen LogP contribution in [0.2, 0.25) is 0 Å². The Hall–Kier alpha value is -0.570. The lowest BCUT2D eigenvalue weighted by molar-refractivity contribution is -0.153. The van der Waals surface area contributed by atoms with Crippen molar-refractivity contribution in [2.75, 3.05) is 6.54 Å². The molecule has 1 aliphatic carbocycles. The number of carbonyl (C=O) groups excluding carboxylic acids is 1. The monoisotopic (exact) mass is 199 g/mol. The minimum Gasteiger partial charge on any atom is -0.459 e. The van der Waals surface area contributed by atoms with Crippen LogP contribution in [0.25, 0.3) is 0 Å². The maximum absolute atomic E-state index is 11.3. The van der Waals surface area contributed by atoms with Gasteiger partial charge in [-0.25, -0.2) is 0 Å². The molecule has 0 radical (unpaired) electrons. The lowest BCUT2D eigenvalue weighted by Gasteiger charge is -2.19. The lowest BCUT2D eigenvalue weighted by atomic mass is 10.2. The summed E-state index contributed by atoms with van der Waals surface area (Å²) in [6.07, 6.45) is 1.15. The summed E-state index contributed by atoms with van der Waals surface area (Å²) in [6.45, 7) is 10.4. The minimum absolute atomic E-state index is 0.166. The highest BCUT2D eigenvalue weighted by Crippen LogP contribution is 2.44. The van der Waals surface area contributed by atoms with E-state index in [9.17, 15) is 4.79 Å². The maximum atomic E-state index is 11.3. The van der Waals surface area contributed by atoms with Crippen LogP contribution in [0, 0.1) is 5.41 Å². The second-order valence-electron chi connectivity index (χ2n) is 5.71. The molecule has 0 bridgehead atoms. The molecule has 0 aromatic rings. The van der Waals surface area contributed by atoms with Crippen molar-refractivity contribution in [1.29, 1.82) is 0 Å². The van der Waals surface area contributed by atoms with E-state index in [0.717, 1.165) is 6.42 Å². The number of nitrogens with one attached hydrogen (secondary N) is 1. The van der Waals surface area contributed by atoms with E-state index in [1.165, 1.54) is 0 Å². The number of hydrogen-bond donors (Lipinski definition) is 1. The molecule has 1 N–H and O–H groups in total. The Labute approximate surface area is 86.2 Å². The van der Waals surface area contributed by atoms with Crippen LogP contribution in [-0.2, 0) is 9.53 Å². The predicted molar refractivity (Wildman–Crippen MR) is 56.0 cm³/mol. The van der Waals surface area contributed by atoms with Crippen molar-refractivity contribution in [2.45, 2.75) is 52.7 Å². The second kappa shape index (κ2) is 3.54. The number of esters is 1. The van der Waals surface area contributed by atoms with Gasteiger partial charge in [0.15, 0.2) is 0 Å². The third-order valence-corrected chi connectivity index (χ3v) is 2.43. The molecule has 0 spiro atoms. The standard InChI is InChI=1S/C11H21NO2/c1-10(2,3)14-9(13)7-12-8-6-11(8,4)5/h8,12H,6-7H2,1-5H3. The molecule has 0 heterocycles. The van der Waals surface area contributed by atoms with Gasteiger partial charge in [-0.3, -0.25) is 4.79 Å². The molecule has 82 valence electrons. The molecule has 1 atom stereocenters.